The van der Waals surface area contributed by atoms with Gasteiger partial charge in [0, 0.05) is 5.41 Å². The highest BCUT2D eigenvalue weighted by Crippen LogP contribution is 2.67. The van der Waals surface area contributed by atoms with Gasteiger partial charge in [-0.2, -0.15) is 0 Å². The first-order valence-electron chi connectivity index (χ1n) is 11.4. The third kappa shape index (κ3) is 2.81. The van der Waals surface area contributed by atoms with Crippen molar-refractivity contribution in [3.05, 3.63) is 11.6 Å². The summed E-state index contributed by atoms with van der Waals surface area (Å²) in [6, 6.07) is 0. The molecule has 26 heavy (non-hydrogen) atoms. The molecule has 0 heterocycles. The molecule has 3 fully saturated rings. The lowest BCUT2D eigenvalue weighted by atomic mass is 9.45. The molecule has 1 nitrogen and oxygen atoms in total. The summed E-state index contributed by atoms with van der Waals surface area (Å²) in [5.41, 5.74) is 3.06. The Kier molecular flexibility index (Phi) is 4.41. The molecule has 0 aromatic rings. The van der Waals surface area contributed by atoms with Crippen LogP contribution in [0.5, 0.6) is 0 Å². The molecule has 0 aliphatic heterocycles. The SMILES string of the molecule is CC12CCCC1C1CC=C3C(C)(C)C(O[Si](C)(C)C)CCC3(C)C1CC2. The molecule has 0 aromatic carbocycles. The van der Waals surface area contributed by atoms with Crippen LogP contribution < -0.4 is 0 Å². The summed E-state index contributed by atoms with van der Waals surface area (Å²) in [4.78, 5) is 0. The van der Waals surface area contributed by atoms with E-state index in [4.69, 9.17) is 4.43 Å². The van der Waals surface area contributed by atoms with Gasteiger partial charge in [0.15, 0.2) is 8.32 Å². The lowest BCUT2D eigenvalue weighted by Gasteiger charge is -2.61. The first-order valence-corrected chi connectivity index (χ1v) is 14.8. The molecule has 4 aliphatic carbocycles. The van der Waals surface area contributed by atoms with Gasteiger partial charge in [-0.15, -0.1) is 0 Å². The zero-order valence-electron chi connectivity index (χ0n) is 18.5. The maximum absolute atomic E-state index is 6.71. The maximum atomic E-state index is 6.71. The summed E-state index contributed by atoms with van der Waals surface area (Å²) < 4.78 is 6.71. The van der Waals surface area contributed by atoms with Crippen molar-refractivity contribution in [2.45, 2.75) is 105 Å². The molecule has 6 unspecified atom stereocenters. The molecular formula is C24H42OSi. The molecule has 4 aliphatic rings. The summed E-state index contributed by atoms with van der Waals surface area (Å²) in [5.74, 6) is 2.87. The molecule has 0 aromatic heterocycles. The Morgan fingerprint density at radius 2 is 1.65 bits per heavy atom. The van der Waals surface area contributed by atoms with Crippen molar-refractivity contribution in [3.63, 3.8) is 0 Å². The van der Waals surface area contributed by atoms with Crippen molar-refractivity contribution in [1.82, 2.24) is 0 Å². The number of rotatable bonds is 2. The van der Waals surface area contributed by atoms with Crippen molar-refractivity contribution in [3.8, 4) is 0 Å². The number of hydrogen-bond donors (Lipinski definition) is 0. The van der Waals surface area contributed by atoms with Gasteiger partial charge in [-0.25, -0.2) is 0 Å². The largest absolute Gasteiger partial charge is 0.414 e. The van der Waals surface area contributed by atoms with Crippen LogP contribution in [0.1, 0.15) is 79.1 Å². The van der Waals surface area contributed by atoms with Gasteiger partial charge >= 0.3 is 0 Å². The van der Waals surface area contributed by atoms with Crippen LogP contribution in [0.15, 0.2) is 11.6 Å². The van der Waals surface area contributed by atoms with E-state index in [1.54, 1.807) is 5.57 Å². The zero-order valence-corrected chi connectivity index (χ0v) is 19.5. The quantitative estimate of drug-likeness (QED) is 0.367. The van der Waals surface area contributed by atoms with E-state index in [0.717, 1.165) is 17.8 Å². The second-order valence-electron chi connectivity index (χ2n) is 12.2. The third-order valence-electron chi connectivity index (χ3n) is 9.17. The summed E-state index contributed by atoms with van der Waals surface area (Å²) in [5, 5.41) is 0. The van der Waals surface area contributed by atoms with Crippen LogP contribution in [0.4, 0.5) is 0 Å². The topological polar surface area (TPSA) is 9.23 Å². The van der Waals surface area contributed by atoms with E-state index in [9.17, 15) is 0 Å². The zero-order chi connectivity index (χ0) is 19.0. The van der Waals surface area contributed by atoms with Crippen LogP contribution in [-0.2, 0) is 4.43 Å². The highest BCUT2D eigenvalue weighted by atomic mass is 28.4. The lowest BCUT2D eigenvalue weighted by molar-refractivity contribution is -0.0612. The van der Waals surface area contributed by atoms with Crippen molar-refractivity contribution in [2.24, 2.45) is 34.0 Å². The smallest absolute Gasteiger partial charge is 0.184 e. The first kappa shape index (κ1) is 19.2. The van der Waals surface area contributed by atoms with Gasteiger partial charge in [0.25, 0.3) is 0 Å². The Bertz CT molecular complexity index is 600. The van der Waals surface area contributed by atoms with Crippen LogP contribution in [0.3, 0.4) is 0 Å². The summed E-state index contributed by atoms with van der Waals surface area (Å²) in [6.45, 7) is 17.3. The molecular weight excluding hydrogens is 332 g/mol. The molecule has 0 saturated heterocycles. The predicted molar refractivity (Wildman–Crippen MR) is 114 cm³/mol. The first-order chi connectivity index (χ1) is 12.0. The minimum atomic E-state index is -1.50. The molecule has 0 amide bonds. The van der Waals surface area contributed by atoms with Gasteiger partial charge in [-0.3, -0.25) is 0 Å². The molecule has 3 saturated carbocycles. The van der Waals surface area contributed by atoms with E-state index < -0.39 is 8.32 Å². The molecule has 148 valence electrons. The molecule has 0 radical (unpaired) electrons. The normalized spacial score (nSPS) is 47.6. The van der Waals surface area contributed by atoms with E-state index in [1.807, 2.05) is 0 Å². The summed E-state index contributed by atoms with van der Waals surface area (Å²) in [7, 11) is -1.50. The Hall–Kier alpha value is -0.0831. The minimum Gasteiger partial charge on any atom is -0.414 e. The molecule has 6 atom stereocenters. The fourth-order valence-corrected chi connectivity index (χ4v) is 9.27. The van der Waals surface area contributed by atoms with Gasteiger partial charge in [0.2, 0.25) is 0 Å². The fourth-order valence-electron chi connectivity index (χ4n) is 8.00. The Morgan fingerprint density at radius 3 is 2.35 bits per heavy atom. The highest BCUT2D eigenvalue weighted by Gasteiger charge is 2.59. The van der Waals surface area contributed by atoms with Crippen LogP contribution in [0.25, 0.3) is 0 Å². The second kappa shape index (κ2) is 5.96. The van der Waals surface area contributed by atoms with Crippen molar-refractivity contribution >= 4 is 8.32 Å². The number of hydrogen-bond acceptors (Lipinski definition) is 1. The van der Waals surface area contributed by atoms with E-state index in [2.05, 4.69) is 53.4 Å². The predicted octanol–water partition coefficient (Wildman–Crippen LogP) is 7.20. The Labute approximate surface area is 163 Å². The lowest BCUT2D eigenvalue weighted by Crippen LogP contribution is -2.55. The molecule has 4 rings (SSSR count). The van der Waals surface area contributed by atoms with E-state index in [0.29, 0.717) is 16.9 Å². The minimum absolute atomic E-state index is 0.203. The van der Waals surface area contributed by atoms with E-state index >= 15 is 0 Å². The second-order valence-corrected chi connectivity index (χ2v) is 16.7. The monoisotopic (exact) mass is 374 g/mol. The van der Waals surface area contributed by atoms with Gasteiger partial charge in [-0.05, 0) is 93.2 Å². The molecule has 2 heteroatoms. The van der Waals surface area contributed by atoms with E-state index in [-0.39, 0.29) is 5.41 Å². The Balaban J connectivity index is 1.66. The molecule has 0 bridgehead atoms. The van der Waals surface area contributed by atoms with Crippen molar-refractivity contribution in [1.29, 1.82) is 0 Å². The van der Waals surface area contributed by atoms with Crippen molar-refractivity contribution < 1.29 is 4.43 Å². The summed E-state index contributed by atoms with van der Waals surface area (Å²) >= 11 is 0. The fraction of sp³-hybridized carbons (Fsp3) is 0.917. The van der Waals surface area contributed by atoms with Crippen LogP contribution in [0, 0.1) is 34.0 Å². The van der Waals surface area contributed by atoms with Gasteiger partial charge in [0.1, 0.15) is 0 Å². The Morgan fingerprint density at radius 1 is 0.923 bits per heavy atom. The van der Waals surface area contributed by atoms with Gasteiger partial charge in [0.05, 0.1) is 6.10 Å². The number of allylic oxidation sites excluding steroid dienone is 1. The van der Waals surface area contributed by atoms with Crippen LogP contribution >= 0.6 is 0 Å². The van der Waals surface area contributed by atoms with Gasteiger partial charge in [-0.1, -0.05) is 45.8 Å². The average molecular weight is 375 g/mol. The highest BCUT2D eigenvalue weighted by molar-refractivity contribution is 6.69. The van der Waals surface area contributed by atoms with Crippen molar-refractivity contribution in [2.75, 3.05) is 0 Å². The molecule has 0 N–H and O–H groups in total. The van der Waals surface area contributed by atoms with Crippen LogP contribution in [-0.4, -0.2) is 14.4 Å². The average Bonchev–Trinajstić information content (AvgIpc) is 2.91. The maximum Gasteiger partial charge on any atom is 0.184 e. The third-order valence-corrected chi connectivity index (χ3v) is 10.2. The standard InChI is InChI=1S/C24H42OSi/c1-22(2)20-11-10-17-18-9-8-14-23(18,3)15-12-19(17)24(20,4)16-13-21(22)25-26(5,6)7/h11,17-19,21H,8-10,12-16H2,1-7H3. The summed E-state index contributed by atoms with van der Waals surface area (Å²) in [6.07, 6.45) is 14.5. The van der Waals surface area contributed by atoms with Crippen LogP contribution in [0.2, 0.25) is 19.6 Å². The number of fused-ring (bicyclic) bond motifs is 5. The van der Waals surface area contributed by atoms with Gasteiger partial charge < -0.3 is 4.43 Å². The molecule has 0 spiro atoms. The van der Waals surface area contributed by atoms with E-state index in [1.165, 1.54) is 51.4 Å².